The number of carbonyl (C=O) groups is 3. The topological polar surface area (TPSA) is 98.8 Å². The van der Waals surface area contributed by atoms with E-state index in [1.54, 1.807) is 11.0 Å². The molecule has 2 aliphatic rings. The lowest BCUT2D eigenvalue weighted by atomic mass is 9.82. The minimum absolute atomic E-state index is 0.111. The molecule has 0 bridgehead atoms. The Morgan fingerprint density at radius 1 is 1.21 bits per heavy atom. The molecular formula is C20H25N2O5S-. The normalized spacial score (nSPS) is 22.1. The highest BCUT2D eigenvalue weighted by molar-refractivity contribution is 7.16. The molecule has 7 nitrogen and oxygen atoms in total. The molecule has 28 heavy (non-hydrogen) atoms. The van der Waals surface area contributed by atoms with Crippen molar-refractivity contribution in [2.24, 2.45) is 11.8 Å². The number of nitrogens with zero attached hydrogens (tertiary/aromatic N) is 1. The monoisotopic (exact) mass is 405 g/mol. The highest BCUT2D eigenvalue weighted by Crippen LogP contribution is 2.36. The Hall–Kier alpha value is -2.19. The van der Waals surface area contributed by atoms with Gasteiger partial charge in [-0.15, -0.1) is 11.3 Å². The molecule has 0 radical (unpaired) electrons. The molecule has 1 aromatic heterocycles. The lowest BCUT2D eigenvalue weighted by Crippen LogP contribution is -2.42. The number of carbonyl (C=O) groups excluding carboxylic acids is 3. The van der Waals surface area contributed by atoms with E-state index in [9.17, 15) is 19.5 Å². The predicted octanol–water partition coefficient (Wildman–Crippen LogP) is 1.36. The molecule has 1 fully saturated rings. The molecule has 152 valence electrons. The number of allylic oxidation sites excluding steroid dienone is 2. The van der Waals surface area contributed by atoms with Gasteiger partial charge in [0.05, 0.1) is 24.7 Å². The van der Waals surface area contributed by atoms with E-state index in [0.717, 1.165) is 10.4 Å². The van der Waals surface area contributed by atoms with Crippen LogP contribution in [-0.2, 0) is 20.7 Å². The highest BCUT2D eigenvalue weighted by atomic mass is 32.1. The van der Waals surface area contributed by atoms with Crippen molar-refractivity contribution in [3.05, 3.63) is 28.2 Å². The minimum atomic E-state index is -1.22. The van der Waals surface area contributed by atoms with Gasteiger partial charge in [-0.2, -0.15) is 0 Å². The third kappa shape index (κ3) is 4.12. The SMILES string of the molecule is CCc1c(C)sc(NC(=O)[C@H]2CC=CC[C@H]2C(=O)[O-])c1C(=O)N1CCOCC1. The summed E-state index contributed by atoms with van der Waals surface area (Å²) in [7, 11) is 0. The van der Waals surface area contributed by atoms with Crippen molar-refractivity contribution in [2.75, 3.05) is 31.6 Å². The Morgan fingerprint density at radius 2 is 1.86 bits per heavy atom. The van der Waals surface area contributed by atoms with E-state index < -0.39 is 17.8 Å². The van der Waals surface area contributed by atoms with E-state index >= 15 is 0 Å². The van der Waals surface area contributed by atoms with Crippen molar-refractivity contribution in [3.8, 4) is 0 Å². The first-order valence-electron chi connectivity index (χ1n) is 9.60. The molecule has 2 heterocycles. The third-order valence-electron chi connectivity index (χ3n) is 5.38. The number of thiophene rings is 1. The van der Waals surface area contributed by atoms with Crippen LogP contribution < -0.4 is 10.4 Å². The van der Waals surface area contributed by atoms with E-state index in [-0.39, 0.29) is 18.2 Å². The van der Waals surface area contributed by atoms with E-state index in [4.69, 9.17) is 4.74 Å². The number of rotatable bonds is 5. The lowest BCUT2D eigenvalue weighted by molar-refractivity contribution is -0.313. The Bertz CT molecular complexity index is 795. The van der Waals surface area contributed by atoms with Crippen LogP contribution in [0.25, 0.3) is 0 Å². The van der Waals surface area contributed by atoms with Crippen LogP contribution in [0.15, 0.2) is 12.2 Å². The van der Waals surface area contributed by atoms with E-state index in [1.165, 1.54) is 11.3 Å². The summed E-state index contributed by atoms with van der Waals surface area (Å²) < 4.78 is 5.33. The summed E-state index contributed by atoms with van der Waals surface area (Å²) in [6, 6.07) is 0. The number of nitrogens with one attached hydrogen (secondary N) is 1. The Balaban J connectivity index is 1.87. The molecule has 0 aromatic carbocycles. The van der Waals surface area contributed by atoms with Crippen LogP contribution in [0, 0.1) is 18.8 Å². The standard InChI is InChI=1S/C20H26N2O5S/c1-3-13-12(2)28-18(16(13)19(24)22-8-10-27-11-9-22)21-17(23)14-6-4-5-7-15(14)20(25)26/h4-5,14-15H,3,6-11H2,1-2H3,(H,21,23)(H,25,26)/p-1/t14-,15+/m0/s1. The molecule has 8 heteroatoms. The van der Waals surface area contributed by atoms with Crippen molar-refractivity contribution < 1.29 is 24.2 Å². The number of aliphatic carboxylic acids is 1. The van der Waals surface area contributed by atoms with Gasteiger partial charge in [-0.25, -0.2) is 0 Å². The van der Waals surface area contributed by atoms with Gasteiger partial charge in [0.25, 0.3) is 5.91 Å². The fraction of sp³-hybridized carbons (Fsp3) is 0.550. The number of ether oxygens (including phenoxy) is 1. The van der Waals surface area contributed by atoms with Crippen molar-refractivity contribution in [2.45, 2.75) is 33.1 Å². The molecular weight excluding hydrogens is 380 g/mol. The number of hydrogen-bond acceptors (Lipinski definition) is 6. The van der Waals surface area contributed by atoms with Gasteiger partial charge >= 0.3 is 0 Å². The van der Waals surface area contributed by atoms with Gasteiger partial charge in [-0.3, -0.25) is 9.59 Å². The van der Waals surface area contributed by atoms with Gasteiger partial charge in [0, 0.05) is 29.9 Å². The average Bonchev–Trinajstić information content (AvgIpc) is 3.02. The number of amides is 2. The number of morpholine rings is 1. The summed E-state index contributed by atoms with van der Waals surface area (Å²) in [5.74, 6) is -3.26. The maximum absolute atomic E-state index is 13.2. The maximum Gasteiger partial charge on any atom is 0.257 e. The molecule has 1 aliphatic carbocycles. The fourth-order valence-corrected chi connectivity index (χ4v) is 4.95. The third-order valence-corrected chi connectivity index (χ3v) is 6.45. The second-order valence-corrected chi connectivity index (χ2v) is 8.29. The van der Waals surface area contributed by atoms with Crippen LogP contribution in [0.3, 0.4) is 0 Å². The molecule has 1 aromatic rings. The summed E-state index contributed by atoms with van der Waals surface area (Å²) in [4.78, 5) is 40.2. The first-order chi connectivity index (χ1) is 13.4. The van der Waals surface area contributed by atoms with Crippen LogP contribution in [-0.4, -0.2) is 49.0 Å². The zero-order chi connectivity index (χ0) is 20.3. The molecule has 0 saturated carbocycles. The van der Waals surface area contributed by atoms with Crippen LogP contribution in [0.2, 0.25) is 0 Å². The fourth-order valence-electron chi connectivity index (χ4n) is 3.81. The molecule has 1 saturated heterocycles. The summed E-state index contributed by atoms with van der Waals surface area (Å²) in [5, 5.41) is 14.8. The molecule has 1 aliphatic heterocycles. The quantitative estimate of drug-likeness (QED) is 0.746. The molecule has 2 atom stereocenters. The van der Waals surface area contributed by atoms with Crippen molar-refractivity contribution in [1.29, 1.82) is 0 Å². The van der Waals surface area contributed by atoms with Crippen molar-refractivity contribution in [1.82, 2.24) is 4.90 Å². The number of hydrogen-bond donors (Lipinski definition) is 1. The lowest BCUT2D eigenvalue weighted by Gasteiger charge is -2.29. The van der Waals surface area contributed by atoms with Gasteiger partial charge in [0.1, 0.15) is 5.00 Å². The van der Waals surface area contributed by atoms with Gasteiger partial charge < -0.3 is 24.9 Å². The van der Waals surface area contributed by atoms with Gasteiger partial charge in [0.15, 0.2) is 0 Å². The summed E-state index contributed by atoms with van der Waals surface area (Å²) in [6.07, 6.45) is 4.89. The summed E-state index contributed by atoms with van der Waals surface area (Å²) >= 11 is 1.37. The van der Waals surface area contributed by atoms with Crippen LogP contribution >= 0.6 is 11.3 Å². The summed E-state index contributed by atoms with van der Waals surface area (Å²) in [5.41, 5.74) is 1.45. The molecule has 1 N–H and O–H groups in total. The Morgan fingerprint density at radius 3 is 2.46 bits per heavy atom. The average molecular weight is 405 g/mol. The Labute approximate surface area is 168 Å². The molecule has 0 unspecified atom stereocenters. The maximum atomic E-state index is 13.2. The van der Waals surface area contributed by atoms with E-state index in [2.05, 4.69) is 5.32 Å². The number of carboxylic acid groups (broad SMARTS) is 1. The van der Waals surface area contributed by atoms with Crippen molar-refractivity contribution >= 4 is 34.1 Å². The van der Waals surface area contributed by atoms with Crippen LogP contribution in [0.5, 0.6) is 0 Å². The Kier molecular flexibility index (Phi) is 6.51. The number of anilines is 1. The minimum Gasteiger partial charge on any atom is -0.550 e. The summed E-state index contributed by atoms with van der Waals surface area (Å²) in [6.45, 7) is 5.95. The van der Waals surface area contributed by atoms with Crippen LogP contribution in [0.1, 0.15) is 40.6 Å². The molecule has 0 spiro atoms. The zero-order valence-electron chi connectivity index (χ0n) is 16.2. The van der Waals surface area contributed by atoms with Gasteiger partial charge in [0.2, 0.25) is 5.91 Å². The smallest absolute Gasteiger partial charge is 0.257 e. The molecule has 2 amide bonds. The largest absolute Gasteiger partial charge is 0.550 e. The highest BCUT2D eigenvalue weighted by Gasteiger charge is 2.32. The zero-order valence-corrected chi connectivity index (χ0v) is 17.0. The second kappa shape index (κ2) is 8.87. The van der Waals surface area contributed by atoms with Gasteiger partial charge in [-0.05, 0) is 31.7 Å². The second-order valence-electron chi connectivity index (χ2n) is 7.06. The van der Waals surface area contributed by atoms with Gasteiger partial charge in [-0.1, -0.05) is 19.1 Å². The number of carboxylic acids is 1. The predicted molar refractivity (Wildman–Crippen MR) is 104 cm³/mol. The number of aryl methyl sites for hydroxylation is 1. The first-order valence-corrected chi connectivity index (χ1v) is 10.4. The van der Waals surface area contributed by atoms with E-state index in [1.807, 2.05) is 19.9 Å². The van der Waals surface area contributed by atoms with Crippen molar-refractivity contribution in [3.63, 3.8) is 0 Å². The first kappa shape index (κ1) is 20.5. The molecule has 3 rings (SSSR count). The van der Waals surface area contributed by atoms with E-state index in [0.29, 0.717) is 49.7 Å². The van der Waals surface area contributed by atoms with Crippen LogP contribution in [0.4, 0.5) is 5.00 Å².